The van der Waals surface area contributed by atoms with E-state index in [0.717, 1.165) is 16.8 Å². The van der Waals surface area contributed by atoms with E-state index in [1.54, 1.807) is 0 Å². The van der Waals surface area contributed by atoms with Crippen molar-refractivity contribution in [3.63, 3.8) is 0 Å². The molecule has 0 bridgehead atoms. The summed E-state index contributed by atoms with van der Waals surface area (Å²) in [5.74, 6) is 1.05. The van der Waals surface area contributed by atoms with Gasteiger partial charge in [0.15, 0.2) is 0 Å². The molecule has 0 fully saturated rings. The van der Waals surface area contributed by atoms with E-state index in [9.17, 15) is 4.79 Å². The van der Waals surface area contributed by atoms with Gasteiger partial charge in [-0.05, 0) is 25.1 Å². The van der Waals surface area contributed by atoms with Crippen LogP contribution < -0.4 is 10.6 Å². The molecule has 0 aliphatic heterocycles. The summed E-state index contributed by atoms with van der Waals surface area (Å²) in [5.41, 5.74) is 2.80. The molecule has 24 heavy (non-hydrogen) atoms. The first-order valence-corrected chi connectivity index (χ1v) is 7.70. The molecule has 0 atom stereocenters. The van der Waals surface area contributed by atoms with Gasteiger partial charge in [-0.1, -0.05) is 47.1 Å². The van der Waals surface area contributed by atoms with Crippen LogP contribution in [0.1, 0.15) is 11.5 Å². The zero-order valence-corrected chi connectivity index (χ0v) is 13.3. The van der Waals surface area contributed by atoms with Crippen LogP contribution in [0.3, 0.4) is 0 Å². The molecule has 0 saturated carbocycles. The Hall–Kier alpha value is -3.15. The van der Waals surface area contributed by atoms with Crippen molar-refractivity contribution >= 4 is 11.7 Å². The number of para-hydroxylation sites is 1. The molecular formula is C18H18N4O2. The number of nitrogens with zero attached hydrogens (tertiary/aromatic N) is 2. The number of aromatic nitrogens is 2. The van der Waals surface area contributed by atoms with E-state index in [0.29, 0.717) is 24.7 Å². The molecule has 0 spiro atoms. The van der Waals surface area contributed by atoms with Crippen LogP contribution in [-0.4, -0.2) is 22.7 Å². The van der Waals surface area contributed by atoms with E-state index in [1.807, 2.05) is 61.5 Å². The lowest BCUT2D eigenvalue weighted by molar-refractivity contribution is 0.252. The molecule has 6 heteroatoms. The second-order valence-corrected chi connectivity index (χ2v) is 5.38. The number of nitrogens with one attached hydrogen (secondary N) is 2. The zero-order chi connectivity index (χ0) is 16.8. The van der Waals surface area contributed by atoms with Gasteiger partial charge < -0.3 is 15.2 Å². The largest absolute Gasteiger partial charge is 0.339 e. The van der Waals surface area contributed by atoms with Crippen molar-refractivity contribution in [3.8, 4) is 11.4 Å². The van der Waals surface area contributed by atoms with E-state index in [2.05, 4.69) is 20.8 Å². The van der Waals surface area contributed by atoms with Crippen molar-refractivity contribution in [2.75, 3.05) is 11.9 Å². The summed E-state index contributed by atoms with van der Waals surface area (Å²) in [4.78, 5) is 16.1. The Morgan fingerprint density at radius 1 is 1.12 bits per heavy atom. The van der Waals surface area contributed by atoms with Crippen LogP contribution in [0, 0.1) is 6.92 Å². The van der Waals surface area contributed by atoms with Crippen molar-refractivity contribution in [2.24, 2.45) is 0 Å². The first-order valence-electron chi connectivity index (χ1n) is 7.70. The maximum absolute atomic E-state index is 11.8. The molecule has 0 unspecified atom stereocenters. The maximum Gasteiger partial charge on any atom is 0.319 e. The molecular weight excluding hydrogens is 304 g/mol. The van der Waals surface area contributed by atoms with Gasteiger partial charge in [0.05, 0.1) is 0 Å². The number of anilines is 1. The Balaban J connectivity index is 1.50. The molecule has 2 amide bonds. The summed E-state index contributed by atoms with van der Waals surface area (Å²) in [6, 6.07) is 16.9. The fraction of sp³-hybridized carbons (Fsp3) is 0.167. The van der Waals surface area contributed by atoms with Gasteiger partial charge in [0.1, 0.15) is 0 Å². The number of carbonyl (C=O) groups is 1. The predicted molar refractivity (Wildman–Crippen MR) is 91.6 cm³/mol. The van der Waals surface area contributed by atoms with Crippen LogP contribution in [0.5, 0.6) is 0 Å². The summed E-state index contributed by atoms with van der Waals surface area (Å²) in [6.07, 6.45) is 0.473. The van der Waals surface area contributed by atoms with Crippen molar-refractivity contribution in [1.82, 2.24) is 15.5 Å². The predicted octanol–water partition coefficient (Wildman–Crippen LogP) is 3.41. The number of hydrogen-bond donors (Lipinski definition) is 2. The molecule has 0 radical (unpaired) electrons. The highest BCUT2D eigenvalue weighted by atomic mass is 16.5. The van der Waals surface area contributed by atoms with Crippen LogP contribution in [0.2, 0.25) is 0 Å². The van der Waals surface area contributed by atoms with Crippen LogP contribution in [0.4, 0.5) is 10.5 Å². The molecule has 3 rings (SSSR count). The van der Waals surface area contributed by atoms with E-state index in [-0.39, 0.29) is 6.03 Å². The number of aryl methyl sites for hydroxylation is 1. The van der Waals surface area contributed by atoms with E-state index >= 15 is 0 Å². The van der Waals surface area contributed by atoms with E-state index in [4.69, 9.17) is 4.52 Å². The van der Waals surface area contributed by atoms with Gasteiger partial charge in [-0.3, -0.25) is 0 Å². The summed E-state index contributed by atoms with van der Waals surface area (Å²) >= 11 is 0. The summed E-state index contributed by atoms with van der Waals surface area (Å²) in [7, 11) is 0. The van der Waals surface area contributed by atoms with Crippen molar-refractivity contribution in [3.05, 3.63) is 66.1 Å². The van der Waals surface area contributed by atoms with Crippen molar-refractivity contribution in [1.29, 1.82) is 0 Å². The SMILES string of the molecule is Cc1cccc(-c2noc(CCNC(=O)Nc3ccccc3)n2)c1. The molecule has 1 heterocycles. The summed E-state index contributed by atoms with van der Waals surface area (Å²) in [5, 5.41) is 9.49. The lowest BCUT2D eigenvalue weighted by atomic mass is 10.1. The van der Waals surface area contributed by atoms with Gasteiger partial charge in [-0.2, -0.15) is 4.98 Å². The number of benzene rings is 2. The molecule has 2 N–H and O–H groups in total. The number of amides is 2. The molecule has 122 valence electrons. The van der Waals surface area contributed by atoms with Crippen LogP contribution in [0.15, 0.2) is 59.1 Å². The Morgan fingerprint density at radius 3 is 2.75 bits per heavy atom. The zero-order valence-electron chi connectivity index (χ0n) is 13.3. The van der Waals surface area contributed by atoms with Gasteiger partial charge in [-0.25, -0.2) is 4.79 Å². The highest BCUT2D eigenvalue weighted by molar-refractivity contribution is 5.89. The normalized spacial score (nSPS) is 10.4. The number of hydrogen-bond acceptors (Lipinski definition) is 4. The third kappa shape index (κ3) is 4.19. The first-order chi connectivity index (χ1) is 11.7. The molecule has 6 nitrogen and oxygen atoms in total. The van der Waals surface area contributed by atoms with Gasteiger partial charge in [0, 0.05) is 24.2 Å². The Kier molecular flexibility index (Phi) is 4.86. The van der Waals surface area contributed by atoms with Crippen molar-refractivity contribution in [2.45, 2.75) is 13.3 Å². The fourth-order valence-corrected chi connectivity index (χ4v) is 2.24. The first kappa shape index (κ1) is 15.7. The summed E-state index contributed by atoms with van der Waals surface area (Å²) in [6.45, 7) is 2.42. The van der Waals surface area contributed by atoms with Crippen LogP contribution in [-0.2, 0) is 6.42 Å². The average molecular weight is 322 g/mol. The number of carbonyl (C=O) groups excluding carboxylic acids is 1. The summed E-state index contributed by atoms with van der Waals surface area (Å²) < 4.78 is 5.23. The lowest BCUT2D eigenvalue weighted by Crippen LogP contribution is -2.30. The standard InChI is InChI=1S/C18H18N4O2/c1-13-6-5-7-14(12-13)17-21-16(24-22-17)10-11-19-18(23)20-15-8-3-2-4-9-15/h2-9,12H,10-11H2,1H3,(H2,19,20,23). The number of urea groups is 1. The van der Waals surface area contributed by atoms with Gasteiger partial charge in [0.25, 0.3) is 0 Å². The molecule has 1 aromatic heterocycles. The van der Waals surface area contributed by atoms with Crippen molar-refractivity contribution < 1.29 is 9.32 Å². The highest BCUT2D eigenvalue weighted by Crippen LogP contribution is 2.16. The Bertz CT molecular complexity index is 815. The minimum atomic E-state index is -0.264. The molecule has 3 aromatic rings. The molecule has 0 aliphatic carbocycles. The third-order valence-electron chi connectivity index (χ3n) is 3.40. The van der Waals surface area contributed by atoms with Gasteiger partial charge in [-0.15, -0.1) is 0 Å². The smallest absolute Gasteiger partial charge is 0.319 e. The highest BCUT2D eigenvalue weighted by Gasteiger charge is 2.09. The quantitative estimate of drug-likeness (QED) is 0.754. The average Bonchev–Trinajstić information content (AvgIpc) is 3.05. The van der Waals surface area contributed by atoms with Crippen LogP contribution in [0.25, 0.3) is 11.4 Å². The maximum atomic E-state index is 11.8. The number of rotatable bonds is 5. The van der Waals surface area contributed by atoms with E-state index < -0.39 is 0 Å². The minimum Gasteiger partial charge on any atom is -0.339 e. The van der Waals surface area contributed by atoms with E-state index in [1.165, 1.54) is 0 Å². The fourth-order valence-electron chi connectivity index (χ4n) is 2.24. The molecule has 2 aromatic carbocycles. The van der Waals surface area contributed by atoms with Gasteiger partial charge >= 0.3 is 6.03 Å². The Labute approximate surface area is 139 Å². The monoisotopic (exact) mass is 322 g/mol. The topological polar surface area (TPSA) is 80.0 Å². The third-order valence-corrected chi connectivity index (χ3v) is 3.40. The minimum absolute atomic E-state index is 0.264. The second-order valence-electron chi connectivity index (χ2n) is 5.38. The molecule has 0 aliphatic rings. The Morgan fingerprint density at radius 2 is 1.96 bits per heavy atom. The lowest BCUT2D eigenvalue weighted by Gasteiger charge is -2.05. The van der Waals surface area contributed by atoms with Gasteiger partial charge in [0.2, 0.25) is 11.7 Å². The van der Waals surface area contributed by atoms with Crippen LogP contribution >= 0.6 is 0 Å². The second kappa shape index (κ2) is 7.41. The molecule has 0 saturated heterocycles.